The SMILES string of the molecule is O=S(=O)(Oc1coc(CCl)n1)C(F)(F)F. The molecule has 0 aliphatic heterocycles. The first kappa shape index (κ1) is 12.1. The molecule has 86 valence electrons. The summed E-state index contributed by atoms with van der Waals surface area (Å²) >= 11 is 5.22. The fourth-order valence-corrected chi connectivity index (χ4v) is 1.07. The van der Waals surface area contributed by atoms with Crippen molar-refractivity contribution < 1.29 is 30.2 Å². The molecule has 10 heteroatoms. The highest BCUT2D eigenvalue weighted by atomic mass is 35.5. The average Bonchev–Trinajstić information content (AvgIpc) is 2.49. The number of alkyl halides is 4. The number of aromatic nitrogens is 1. The third-order valence-electron chi connectivity index (χ3n) is 1.12. The summed E-state index contributed by atoms with van der Waals surface area (Å²) in [7, 11) is -5.71. The molecule has 0 amide bonds. The molecule has 1 aromatic heterocycles. The normalized spacial score (nSPS) is 12.8. The second-order valence-electron chi connectivity index (χ2n) is 2.20. The maximum atomic E-state index is 11.8. The Bertz CT molecular complexity index is 439. The van der Waals surface area contributed by atoms with Crippen molar-refractivity contribution in [2.45, 2.75) is 11.4 Å². The Balaban J connectivity index is 2.87. The molecule has 5 nitrogen and oxygen atoms in total. The van der Waals surface area contributed by atoms with Crippen LogP contribution in [0.2, 0.25) is 0 Å². The standard InChI is InChI=1S/C5H3ClF3NO4S/c6-1-3-10-4(2-13-3)14-15(11,12)5(7,8)9/h2H,1H2. The van der Waals surface area contributed by atoms with Crippen LogP contribution in [0.3, 0.4) is 0 Å². The van der Waals surface area contributed by atoms with Crippen molar-refractivity contribution in [2.24, 2.45) is 0 Å². The van der Waals surface area contributed by atoms with E-state index in [4.69, 9.17) is 11.6 Å². The minimum absolute atomic E-state index is 0.149. The maximum Gasteiger partial charge on any atom is 0.534 e. The quantitative estimate of drug-likeness (QED) is 0.472. The second-order valence-corrected chi connectivity index (χ2v) is 4.00. The van der Waals surface area contributed by atoms with Gasteiger partial charge in [0.1, 0.15) is 0 Å². The number of halogens is 4. The van der Waals surface area contributed by atoms with Gasteiger partial charge in [-0.1, -0.05) is 0 Å². The fraction of sp³-hybridized carbons (Fsp3) is 0.400. The van der Waals surface area contributed by atoms with Gasteiger partial charge in [-0.05, 0) is 0 Å². The van der Waals surface area contributed by atoms with Gasteiger partial charge in [0.2, 0.25) is 5.89 Å². The van der Waals surface area contributed by atoms with E-state index < -0.39 is 21.5 Å². The number of rotatable bonds is 3. The van der Waals surface area contributed by atoms with Gasteiger partial charge in [-0.3, -0.25) is 0 Å². The summed E-state index contributed by atoms with van der Waals surface area (Å²) in [5, 5.41) is 0. The van der Waals surface area contributed by atoms with Crippen molar-refractivity contribution in [3.05, 3.63) is 12.2 Å². The van der Waals surface area contributed by atoms with Crippen molar-refractivity contribution in [3.63, 3.8) is 0 Å². The maximum absolute atomic E-state index is 11.8. The average molecular weight is 266 g/mol. The zero-order valence-corrected chi connectivity index (χ0v) is 8.36. The first-order chi connectivity index (χ1) is 6.76. The predicted octanol–water partition coefficient (Wildman–Crippen LogP) is 1.64. The van der Waals surface area contributed by atoms with Crippen LogP contribution in [0.4, 0.5) is 13.2 Å². The Morgan fingerprint density at radius 1 is 1.53 bits per heavy atom. The van der Waals surface area contributed by atoms with Crippen LogP contribution in [0.15, 0.2) is 10.7 Å². The Labute approximate surface area is 86.9 Å². The third kappa shape index (κ3) is 2.75. The van der Waals surface area contributed by atoms with Crippen LogP contribution in [-0.2, 0) is 16.0 Å². The Kier molecular flexibility index (Phi) is 3.14. The van der Waals surface area contributed by atoms with Crippen molar-refractivity contribution >= 4 is 21.7 Å². The number of oxazole rings is 1. The van der Waals surface area contributed by atoms with Gasteiger partial charge in [0.15, 0.2) is 6.26 Å². The number of nitrogens with zero attached hydrogens (tertiary/aromatic N) is 1. The van der Waals surface area contributed by atoms with Crippen LogP contribution >= 0.6 is 11.6 Å². The lowest BCUT2D eigenvalue weighted by molar-refractivity contribution is -0.0501. The van der Waals surface area contributed by atoms with Crippen LogP contribution in [0.1, 0.15) is 5.89 Å². The van der Waals surface area contributed by atoms with Gasteiger partial charge in [-0.2, -0.15) is 26.6 Å². The van der Waals surface area contributed by atoms with Crippen LogP contribution in [0, 0.1) is 0 Å². The van der Waals surface area contributed by atoms with Gasteiger partial charge in [0, 0.05) is 0 Å². The highest BCUT2D eigenvalue weighted by Crippen LogP contribution is 2.26. The topological polar surface area (TPSA) is 69.4 Å². The molecule has 15 heavy (non-hydrogen) atoms. The molecule has 0 N–H and O–H groups in total. The molecule has 0 bridgehead atoms. The van der Waals surface area contributed by atoms with Crippen LogP contribution in [-0.4, -0.2) is 18.9 Å². The Morgan fingerprint density at radius 3 is 2.53 bits per heavy atom. The first-order valence-electron chi connectivity index (χ1n) is 3.27. The van der Waals surface area contributed by atoms with Crippen molar-refractivity contribution in [1.29, 1.82) is 0 Å². The lowest BCUT2D eigenvalue weighted by Gasteiger charge is -2.05. The molecular weight excluding hydrogens is 263 g/mol. The summed E-state index contributed by atoms with van der Waals surface area (Å²) < 4.78 is 64.5. The fourth-order valence-electron chi connectivity index (χ4n) is 0.553. The van der Waals surface area contributed by atoms with Gasteiger partial charge in [-0.25, -0.2) is 0 Å². The van der Waals surface area contributed by atoms with Crippen LogP contribution in [0.25, 0.3) is 0 Å². The Morgan fingerprint density at radius 2 is 2.13 bits per heavy atom. The molecule has 0 saturated heterocycles. The molecule has 1 rings (SSSR count). The van der Waals surface area contributed by atoms with Gasteiger partial charge in [-0.15, -0.1) is 11.6 Å². The molecule has 0 unspecified atom stereocenters. The van der Waals surface area contributed by atoms with E-state index in [2.05, 4.69) is 13.6 Å². The van der Waals surface area contributed by atoms with E-state index in [0.717, 1.165) is 0 Å². The lowest BCUT2D eigenvalue weighted by atomic mass is 10.8. The zero-order valence-electron chi connectivity index (χ0n) is 6.78. The molecule has 0 fully saturated rings. The van der Waals surface area contributed by atoms with E-state index >= 15 is 0 Å². The Hall–Kier alpha value is -0.960. The molecule has 0 aliphatic rings. The highest BCUT2D eigenvalue weighted by molar-refractivity contribution is 7.87. The molecule has 0 atom stereocenters. The van der Waals surface area contributed by atoms with Crippen molar-refractivity contribution in [2.75, 3.05) is 0 Å². The lowest BCUT2D eigenvalue weighted by Crippen LogP contribution is -2.28. The minimum atomic E-state index is -5.71. The molecule has 0 aromatic carbocycles. The van der Waals surface area contributed by atoms with E-state index in [1.165, 1.54) is 0 Å². The molecule has 0 radical (unpaired) electrons. The zero-order chi connectivity index (χ0) is 11.7. The van der Waals surface area contributed by atoms with Crippen molar-refractivity contribution in [1.82, 2.24) is 4.98 Å². The van der Waals surface area contributed by atoms with Gasteiger partial charge >= 0.3 is 15.6 Å². The van der Waals surface area contributed by atoms with Crippen molar-refractivity contribution in [3.8, 4) is 5.88 Å². The largest absolute Gasteiger partial charge is 0.534 e. The van der Waals surface area contributed by atoms with E-state index in [0.29, 0.717) is 6.26 Å². The monoisotopic (exact) mass is 265 g/mol. The first-order valence-corrected chi connectivity index (χ1v) is 5.21. The van der Waals surface area contributed by atoms with E-state index in [1.807, 2.05) is 0 Å². The highest BCUT2D eigenvalue weighted by Gasteiger charge is 2.49. The van der Waals surface area contributed by atoms with E-state index in [1.54, 1.807) is 0 Å². The smallest absolute Gasteiger partial charge is 0.443 e. The van der Waals surface area contributed by atoms with Gasteiger partial charge in [0.05, 0.1) is 5.88 Å². The molecular formula is C5H3ClF3NO4S. The minimum Gasteiger partial charge on any atom is -0.443 e. The van der Waals surface area contributed by atoms with E-state index in [9.17, 15) is 21.6 Å². The van der Waals surface area contributed by atoms with Crippen LogP contribution < -0.4 is 4.18 Å². The summed E-state index contributed by atoms with van der Waals surface area (Å²) in [6.45, 7) is 0. The van der Waals surface area contributed by atoms with Gasteiger partial charge < -0.3 is 8.60 Å². The van der Waals surface area contributed by atoms with Gasteiger partial charge in [0.25, 0.3) is 5.88 Å². The second kappa shape index (κ2) is 3.89. The number of hydrogen-bond donors (Lipinski definition) is 0. The summed E-state index contributed by atoms with van der Waals surface area (Å²) in [5.74, 6) is -1.18. The van der Waals surface area contributed by atoms with Crippen LogP contribution in [0.5, 0.6) is 5.88 Å². The summed E-state index contributed by atoms with van der Waals surface area (Å²) in [6.07, 6.45) is 0.612. The summed E-state index contributed by atoms with van der Waals surface area (Å²) in [5.41, 5.74) is -5.51. The summed E-state index contributed by atoms with van der Waals surface area (Å²) in [4.78, 5) is 3.23. The number of hydrogen-bond acceptors (Lipinski definition) is 5. The molecule has 0 aliphatic carbocycles. The molecule has 0 spiro atoms. The molecule has 1 aromatic rings. The summed E-state index contributed by atoms with van der Waals surface area (Å²) in [6, 6.07) is 0. The predicted molar refractivity (Wildman–Crippen MR) is 41.7 cm³/mol. The van der Waals surface area contributed by atoms with E-state index in [-0.39, 0.29) is 11.8 Å². The molecule has 1 heterocycles. The third-order valence-corrected chi connectivity index (χ3v) is 2.31. The molecule has 0 saturated carbocycles.